The van der Waals surface area contributed by atoms with Crippen molar-refractivity contribution in [2.75, 3.05) is 40.3 Å². The molecule has 0 saturated carbocycles. The summed E-state index contributed by atoms with van der Waals surface area (Å²) in [6, 6.07) is 7.80. The van der Waals surface area contributed by atoms with Crippen LogP contribution in [0.15, 0.2) is 42.0 Å². The van der Waals surface area contributed by atoms with Gasteiger partial charge in [0.25, 0.3) is 0 Å². The van der Waals surface area contributed by atoms with Crippen LogP contribution in [-0.2, 0) is 27.5 Å². The number of amides is 2. The van der Waals surface area contributed by atoms with Crippen molar-refractivity contribution in [3.63, 3.8) is 0 Å². The van der Waals surface area contributed by atoms with Gasteiger partial charge in [-0.15, -0.1) is 0 Å². The zero-order valence-electron chi connectivity index (χ0n) is 23.4. The Hall–Kier alpha value is -3.11. The number of nitrogens with one attached hydrogen (secondary N) is 1. The summed E-state index contributed by atoms with van der Waals surface area (Å²) in [7, 11) is 1.46. The Labute approximate surface area is 257 Å². The largest absolute Gasteiger partial charge is 0.493 e. The second-order valence-electron chi connectivity index (χ2n) is 9.63. The number of nitrogens with zero attached hydrogens (tertiary/aromatic N) is 1. The molecule has 0 radical (unpaired) electrons. The van der Waals surface area contributed by atoms with Crippen molar-refractivity contribution in [2.24, 2.45) is 0 Å². The molecule has 0 bridgehead atoms. The number of carbonyl (C=O) groups excluding carboxylic acids is 2. The fraction of sp³-hybridized carbons (Fsp3) is 0.448. The molecule has 2 aromatic carbocycles. The predicted molar refractivity (Wildman–Crippen MR) is 158 cm³/mol. The molecule has 3 atom stereocenters. The highest BCUT2D eigenvalue weighted by atomic mass is 127. The molecule has 0 fully saturated rings. The molecular weight excluding hydrogens is 663 g/mol. The first-order valence-corrected chi connectivity index (χ1v) is 14.5. The number of benzene rings is 2. The minimum atomic E-state index is -1.25. The second-order valence-corrected chi connectivity index (χ2v) is 10.8. The highest BCUT2D eigenvalue weighted by Crippen LogP contribution is 2.38. The average molecular weight is 699 g/mol. The van der Waals surface area contributed by atoms with E-state index in [1.807, 2.05) is 22.6 Å². The molecule has 13 heteroatoms. The van der Waals surface area contributed by atoms with Crippen LogP contribution in [0.2, 0.25) is 0 Å². The third-order valence-corrected chi connectivity index (χ3v) is 7.68. The monoisotopic (exact) mass is 698 g/mol. The zero-order chi connectivity index (χ0) is 30.2. The van der Waals surface area contributed by atoms with Crippen LogP contribution < -0.4 is 24.3 Å². The summed E-state index contributed by atoms with van der Waals surface area (Å²) in [6.07, 6.45) is -0.759. The molecule has 12 nitrogen and oxygen atoms in total. The molecule has 1 aliphatic heterocycles. The van der Waals surface area contributed by atoms with Crippen LogP contribution in [-0.4, -0.2) is 90.6 Å². The summed E-state index contributed by atoms with van der Waals surface area (Å²) in [5, 5.41) is 33.2. The summed E-state index contributed by atoms with van der Waals surface area (Å²) >= 11 is 2.04. The summed E-state index contributed by atoms with van der Waals surface area (Å²) < 4.78 is 28.7. The third kappa shape index (κ3) is 7.45. The number of fused-ring (bicyclic) bond motifs is 1. The molecule has 0 saturated heterocycles. The molecule has 42 heavy (non-hydrogen) atoms. The minimum Gasteiger partial charge on any atom is -0.493 e. The third-order valence-electron chi connectivity index (χ3n) is 6.88. The normalized spacial score (nSPS) is 19.2. The Kier molecular flexibility index (Phi) is 11.3. The molecule has 2 amide bonds. The Morgan fingerprint density at radius 1 is 1.14 bits per heavy atom. The highest BCUT2D eigenvalue weighted by Gasteiger charge is 2.41. The minimum absolute atomic E-state index is 0.0262. The summed E-state index contributed by atoms with van der Waals surface area (Å²) in [4.78, 5) is 28.1. The lowest BCUT2D eigenvalue weighted by Gasteiger charge is -2.40. The quantitative estimate of drug-likeness (QED) is 0.226. The molecule has 4 rings (SSSR count). The second kappa shape index (κ2) is 14.9. The van der Waals surface area contributed by atoms with E-state index in [0.717, 1.165) is 5.56 Å². The molecule has 0 aromatic heterocycles. The van der Waals surface area contributed by atoms with Crippen molar-refractivity contribution in [1.82, 2.24) is 10.2 Å². The van der Waals surface area contributed by atoms with Crippen molar-refractivity contribution in [3.8, 4) is 23.0 Å². The van der Waals surface area contributed by atoms with Crippen LogP contribution in [0.25, 0.3) is 0 Å². The fourth-order valence-corrected chi connectivity index (χ4v) is 5.59. The number of ether oxygens (including phenoxy) is 5. The Morgan fingerprint density at radius 3 is 2.64 bits per heavy atom. The predicted octanol–water partition coefficient (Wildman–Crippen LogP) is 1.50. The van der Waals surface area contributed by atoms with Gasteiger partial charge in [-0.2, -0.15) is 0 Å². The van der Waals surface area contributed by atoms with E-state index in [-0.39, 0.29) is 57.6 Å². The van der Waals surface area contributed by atoms with Crippen molar-refractivity contribution in [3.05, 3.63) is 56.7 Å². The van der Waals surface area contributed by atoms with Gasteiger partial charge in [0.15, 0.2) is 23.0 Å². The summed E-state index contributed by atoms with van der Waals surface area (Å²) in [6.45, 7) is 1.65. The van der Waals surface area contributed by atoms with E-state index >= 15 is 0 Å². The molecule has 3 unspecified atom stereocenters. The number of methoxy groups -OCH3 is 1. The molecule has 2 aliphatic rings. The average Bonchev–Trinajstić information content (AvgIpc) is 3.47. The number of hydrogen-bond donors (Lipinski definition) is 4. The molecule has 1 heterocycles. The van der Waals surface area contributed by atoms with Crippen molar-refractivity contribution < 1.29 is 48.6 Å². The Morgan fingerprint density at radius 2 is 1.93 bits per heavy atom. The van der Waals surface area contributed by atoms with E-state index < -0.39 is 24.2 Å². The lowest BCUT2D eigenvalue weighted by Crippen LogP contribution is -2.55. The lowest BCUT2D eigenvalue weighted by atomic mass is 9.87. The fourth-order valence-electron chi connectivity index (χ4n) is 4.79. The number of carbonyl (C=O) groups is 2. The maximum atomic E-state index is 13.5. The van der Waals surface area contributed by atoms with E-state index in [1.165, 1.54) is 18.1 Å². The van der Waals surface area contributed by atoms with Crippen molar-refractivity contribution in [2.45, 2.75) is 44.7 Å². The van der Waals surface area contributed by atoms with Crippen LogP contribution in [0.3, 0.4) is 0 Å². The smallest absolute Gasteiger partial charge is 0.249 e. The van der Waals surface area contributed by atoms with Crippen molar-refractivity contribution in [1.29, 1.82) is 0 Å². The zero-order valence-corrected chi connectivity index (χ0v) is 25.5. The van der Waals surface area contributed by atoms with Crippen LogP contribution in [0.5, 0.6) is 23.0 Å². The maximum Gasteiger partial charge on any atom is 0.249 e. The van der Waals surface area contributed by atoms with Crippen LogP contribution in [0.4, 0.5) is 0 Å². The number of halogens is 1. The first-order chi connectivity index (χ1) is 20.3. The van der Waals surface area contributed by atoms with Gasteiger partial charge in [-0.25, -0.2) is 0 Å². The van der Waals surface area contributed by atoms with E-state index in [9.17, 15) is 24.9 Å². The van der Waals surface area contributed by atoms with Gasteiger partial charge >= 0.3 is 0 Å². The standard InChI is InChI=1S/C29H35IN2O10/c1-3-39-15-26(35)32(13-17-4-5-22-23(9-17)41-16-40-22)21-11-19(29(37)31-6-7-33)12-24(27(21)36)42-28-20(30)8-18(14-34)10-25(28)38-2/h4-5,8-10,12,21,24,27,33-34,36H,3,6-7,11,13-16H2,1-2H3,(H,31,37). The maximum absolute atomic E-state index is 13.5. The van der Waals surface area contributed by atoms with Gasteiger partial charge in [0.2, 0.25) is 18.6 Å². The van der Waals surface area contributed by atoms with Gasteiger partial charge in [0.05, 0.1) is 29.9 Å². The highest BCUT2D eigenvalue weighted by molar-refractivity contribution is 14.1. The number of rotatable bonds is 13. The van der Waals surface area contributed by atoms with Gasteiger partial charge in [-0.3, -0.25) is 9.59 Å². The van der Waals surface area contributed by atoms with E-state index in [4.69, 9.17) is 23.7 Å². The van der Waals surface area contributed by atoms with E-state index in [2.05, 4.69) is 5.32 Å². The SMILES string of the molecule is CCOCC(=O)N(Cc1ccc2c(c1)OCO2)C1CC(C(=O)NCCO)=CC(Oc2c(I)cc(CO)cc2OC)C1O. The van der Waals surface area contributed by atoms with E-state index in [1.54, 1.807) is 37.3 Å². The van der Waals surface area contributed by atoms with Crippen LogP contribution in [0, 0.1) is 3.57 Å². The van der Waals surface area contributed by atoms with Crippen molar-refractivity contribution >= 4 is 34.4 Å². The molecule has 2 aromatic rings. The lowest BCUT2D eigenvalue weighted by molar-refractivity contribution is -0.144. The molecule has 0 spiro atoms. The molecular formula is C29H35IN2O10. The van der Waals surface area contributed by atoms with Gasteiger partial charge in [0, 0.05) is 31.7 Å². The first kappa shape index (κ1) is 31.8. The number of hydrogen-bond acceptors (Lipinski definition) is 10. The van der Waals surface area contributed by atoms with Gasteiger partial charge in [-0.05, 0) is 71.0 Å². The molecule has 228 valence electrons. The number of aliphatic hydroxyl groups excluding tert-OH is 3. The molecule has 4 N–H and O–H groups in total. The summed E-state index contributed by atoms with van der Waals surface area (Å²) in [5.41, 5.74) is 1.62. The van der Waals surface area contributed by atoms with E-state index in [0.29, 0.717) is 38.7 Å². The van der Waals surface area contributed by atoms with Crippen LogP contribution >= 0.6 is 22.6 Å². The molecule has 1 aliphatic carbocycles. The summed E-state index contributed by atoms with van der Waals surface area (Å²) in [5.74, 6) is 0.963. The topological polar surface area (TPSA) is 156 Å². The first-order valence-electron chi connectivity index (χ1n) is 13.5. The Bertz CT molecular complexity index is 1300. The van der Waals surface area contributed by atoms with Gasteiger partial charge in [-0.1, -0.05) is 6.07 Å². The number of aliphatic hydroxyl groups is 3. The van der Waals surface area contributed by atoms with Gasteiger partial charge in [0.1, 0.15) is 18.8 Å². The Balaban J connectivity index is 1.71. The van der Waals surface area contributed by atoms with Gasteiger partial charge < -0.3 is 49.2 Å². The van der Waals surface area contributed by atoms with Crippen LogP contribution in [0.1, 0.15) is 24.5 Å².